The van der Waals surface area contributed by atoms with E-state index in [1.165, 1.54) is 22.7 Å². The Morgan fingerprint density at radius 1 is 1.40 bits per heavy atom. The molecule has 0 radical (unpaired) electrons. The van der Waals surface area contributed by atoms with Crippen LogP contribution in [-0.4, -0.2) is 18.8 Å². The Balaban J connectivity index is 1.92. The van der Waals surface area contributed by atoms with Gasteiger partial charge in [0.1, 0.15) is 20.9 Å². The van der Waals surface area contributed by atoms with Crippen molar-refractivity contribution in [1.29, 1.82) is 5.26 Å². The zero-order valence-corrected chi connectivity index (χ0v) is 12.2. The topological polar surface area (TPSA) is 74.3 Å². The first kappa shape index (κ1) is 13.4. The number of rotatable bonds is 5. The third kappa shape index (κ3) is 2.50. The molecule has 0 unspecified atom stereocenters. The molecule has 5 nitrogen and oxygen atoms in total. The maximum Gasteiger partial charge on any atom is 0.253 e. The van der Waals surface area contributed by atoms with Crippen molar-refractivity contribution in [2.75, 3.05) is 0 Å². The van der Waals surface area contributed by atoms with Crippen LogP contribution < -0.4 is 0 Å². The van der Waals surface area contributed by atoms with Crippen molar-refractivity contribution < 1.29 is 12.8 Å². The Hall–Kier alpha value is -1.62. The van der Waals surface area contributed by atoms with Crippen LogP contribution in [-0.2, 0) is 16.6 Å². The van der Waals surface area contributed by atoms with Crippen LogP contribution in [0.3, 0.4) is 0 Å². The molecule has 1 aliphatic carbocycles. The van der Waals surface area contributed by atoms with Gasteiger partial charge < -0.3 is 4.42 Å². The van der Waals surface area contributed by atoms with E-state index in [-0.39, 0.29) is 16.8 Å². The Bertz CT molecular complexity index is 737. The van der Waals surface area contributed by atoms with Crippen LogP contribution >= 0.6 is 11.3 Å². The zero-order chi connectivity index (χ0) is 14.2. The van der Waals surface area contributed by atoms with Crippen LogP contribution in [0, 0.1) is 11.3 Å². The minimum atomic E-state index is -3.56. The molecule has 2 heterocycles. The molecule has 0 aliphatic heterocycles. The third-order valence-corrected chi connectivity index (χ3v) is 6.46. The monoisotopic (exact) mass is 308 g/mol. The zero-order valence-electron chi connectivity index (χ0n) is 10.5. The Labute approximate surface area is 121 Å². The predicted molar refractivity (Wildman–Crippen MR) is 73.5 cm³/mol. The van der Waals surface area contributed by atoms with Crippen molar-refractivity contribution >= 4 is 21.4 Å². The second kappa shape index (κ2) is 5.05. The van der Waals surface area contributed by atoms with Gasteiger partial charge in [0.05, 0.1) is 12.8 Å². The van der Waals surface area contributed by atoms with Crippen molar-refractivity contribution in [1.82, 2.24) is 4.31 Å². The van der Waals surface area contributed by atoms with Crippen molar-refractivity contribution in [2.24, 2.45) is 0 Å². The molecule has 1 fully saturated rings. The highest BCUT2D eigenvalue weighted by Crippen LogP contribution is 2.35. The van der Waals surface area contributed by atoms with E-state index in [1.807, 2.05) is 6.07 Å². The molecule has 1 saturated carbocycles. The number of nitrogens with zero attached hydrogens (tertiary/aromatic N) is 2. The number of nitriles is 1. The molecule has 20 heavy (non-hydrogen) atoms. The first-order valence-electron chi connectivity index (χ1n) is 6.15. The van der Waals surface area contributed by atoms with Gasteiger partial charge in [0.15, 0.2) is 0 Å². The largest absolute Gasteiger partial charge is 0.468 e. The summed E-state index contributed by atoms with van der Waals surface area (Å²) in [5, 5.41) is 8.82. The number of sulfonamides is 1. The van der Waals surface area contributed by atoms with E-state index >= 15 is 0 Å². The maximum atomic E-state index is 12.7. The van der Waals surface area contributed by atoms with E-state index in [0.717, 1.165) is 24.2 Å². The van der Waals surface area contributed by atoms with Gasteiger partial charge in [-0.3, -0.25) is 0 Å². The lowest BCUT2D eigenvalue weighted by Crippen LogP contribution is -2.32. The molecule has 0 spiro atoms. The minimum absolute atomic E-state index is 0.0396. The first-order valence-corrected chi connectivity index (χ1v) is 8.41. The van der Waals surface area contributed by atoms with Crippen molar-refractivity contribution in [3.8, 4) is 6.07 Å². The highest BCUT2D eigenvalue weighted by Gasteiger charge is 2.39. The normalized spacial score (nSPS) is 15.4. The van der Waals surface area contributed by atoms with Crippen molar-refractivity contribution in [3.05, 3.63) is 41.2 Å². The van der Waals surface area contributed by atoms with Crippen molar-refractivity contribution in [2.45, 2.75) is 29.6 Å². The summed E-state index contributed by atoms with van der Waals surface area (Å²) in [6.07, 6.45) is 3.28. The van der Waals surface area contributed by atoms with Gasteiger partial charge in [0.2, 0.25) is 0 Å². The summed E-state index contributed by atoms with van der Waals surface area (Å²) in [5.74, 6) is 0.623. The summed E-state index contributed by atoms with van der Waals surface area (Å²) in [5.41, 5.74) is 0. The molecule has 3 rings (SSSR count). The van der Waals surface area contributed by atoms with Gasteiger partial charge in [-0.25, -0.2) is 8.42 Å². The van der Waals surface area contributed by atoms with Gasteiger partial charge in [0, 0.05) is 6.04 Å². The van der Waals surface area contributed by atoms with Gasteiger partial charge in [0.25, 0.3) is 10.0 Å². The van der Waals surface area contributed by atoms with Gasteiger partial charge >= 0.3 is 0 Å². The van der Waals surface area contributed by atoms with E-state index in [0.29, 0.717) is 10.6 Å². The highest BCUT2D eigenvalue weighted by atomic mass is 32.2. The van der Waals surface area contributed by atoms with E-state index in [9.17, 15) is 8.42 Å². The number of thiophene rings is 1. The summed E-state index contributed by atoms with van der Waals surface area (Å²) < 4.78 is 32.2. The molecule has 2 aromatic rings. The fraction of sp³-hybridized carbons (Fsp3) is 0.308. The standard InChI is InChI=1S/C13H12N2O3S2/c14-8-12-5-6-13(19-12)20(16,17)15(10-3-4-10)9-11-2-1-7-18-11/h1-2,5-7,10H,3-4,9H2. The Morgan fingerprint density at radius 2 is 2.20 bits per heavy atom. The fourth-order valence-corrected chi connectivity index (χ4v) is 4.85. The summed E-state index contributed by atoms with van der Waals surface area (Å²) in [7, 11) is -3.56. The molecule has 1 aliphatic rings. The van der Waals surface area contributed by atoms with E-state index in [2.05, 4.69) is 0 Å². The second-order valence-corrected chi connectivity index (χ2v) is 7.79. The summed E-state index contributed by atoms with van der Waals surface area (Å²) >= 11 is 1.00. The fourth-order valence-electron chi connectivity index (χ4n) is 1.96. The van der Waals surface area contributed by atoms with Gasteiger partial charge in [-0.1, -0.05) is 0 Å². The average Bonchev–Trinajstić information content (AvgIpc) is 2.96. The van der Waals surface area contributed by atoms with Crippen molar-refractivity contribution in [3.63, 3.8) is 0 Å². The predicted octanol–water partition coefficient (Wildman–Crippen LogP) is 2.57. The number of hydrogen-bond donors (Lipinski definition) is 0. The van der Waals surface area contributed by atoms with Crippen LogP contribution in [0.15, 0.2) is 39.2 Å². The molecule has 0 saturated heterocycles. The Kier molecular flexibility index (Phi) is 3.38. The summed E-state index contributed by atoms with van der Waals surface area (Å²) in [4.78, 5) is 0.400. The molecule has 0 amide bonds. The molecular formula is C13H12N2O3S2. The van der Waals surface area contributed by atoms with Crippen LogP contribution in [0.4, 0.5) is 0 Å². The smallest absolute Gasteiger partial charge is 0.253 e. The van der Waals surface area contributed by atoms with Gasteiger partial charge in [-0.2, -0.15) is 9.57 Å². The first-order chi connectivity index (χ1) is 9.61. The lowest BCUT2D eigenvalue weighted by Gasteiger charge is -2.19. The van der Waals surface area contributed by atoms with E-state index < -0.39 is 10.0 Å². The number of furan rings is 1. The van der Waals surface area contributed by atoms with Crippen LogP contribution in [0.1, 0.15) is 23.5 Å². The SMILES string of the molecule is N#Cc1ccc(S(=O)(=O)N(Cc2ccco2)C2CC2)s1. The van der Waals surface area contributed by atoms with Crippen LogP contribution in [0.25, 0.3) is 0 Å². The van der Waals surface area contributed by atoms with E-state index in [4.69, 9.17) is 9.68 Å². The third-order valence-electron chi connectivity index (χ3n) is 3.10. The van der Waals surface area contributed by atoms with E-state index in [1.54, 1.807) is 12.1 Å². The molecule has 0 aromatic carbocycles. The lowest BCUT2D eigenvalue weighted by atomic mass is 10.4. The number of hydrogen-bond acceptors (Lipinski definition) is 5. The molecule has 0 bridgehead atoms. The highest BCUT2D eigenvalue weighted by molar-refractivity contribution is 7.91. The summed E-state index contributed by atoms with van der Waals surface area (Å²) in [6, 6.07) is 8.54. The molecule has 0 atom stereocenters. The lowest BCUT2D eigenvalue weighted by molar-refractivity contribution is 0.357. The molecular weight excluding hydrogens is 296 g/mol. The molecule has 2 aromatic heterocycles. The average molecular weight is 308 g/mol. The van der Waals surface area contributed by atoms with Crippen LogP contribution in [0.2, 0.25) is 0 Å². The molecule has 0 N–H and O–H groups in total. The summed E-state index contributed by atoms with van der Waals surface area (Å²) in [6.45, 7) is 0.236. The van der Waals surface area contributed by atoms with Gasteiger partial charge in [-0.05, 0) is 37.1 Å². The van der Waals surface area contributed by atoms with Crippen LogP contribution in [0.5, 0.6) is 0 Å². The quantitative estimate of drug-likeness (QED) is 0.851. The Morgan fingerprint density at radius 3 is 2.75 bits per heavy atom. The van der Waals surface area contributed by atoms with Gasteiger partial charge in [-0.15, -0.1) is 11.3 Å². The molecule has 104 valence electrons. The maximum absolute atomic E-state index is 12.7. The minimum Gasteiger partial charge on any atom is -0.468 e. The second-order valence-electron chi connectivity index (χ2n) is 4.59. The molecule has 7 heteroatoms.